The van der Waals surface area contributed by atoms with E-state index >= 15 is 0 Å². The maximum atomic E-state index is 14.0. The highest BCUT2D eigenvalue weighted by Crippen LogP contribution is 2.28. The molecule has 0 bridgehead atoms. The monoisotopic (exact) mass is 522 g/mol. The number of ether oxygens (including phenoxy) is 2. The molecule has 2 aliphatic heterocycles. The summed E-state index contributed by atoms with van der Waals surface area (Å²) in [6, 6.07) is 26.8. The zero-order chi connectivity index (χ0) is 26.6. The number of hydrogen-bond acceptors (Lipinski definition) is 5. The van der Waals surface area contributed by atoms with Crippen molar-refractivity contribution in [3.63, 3.8) is 0 Å². The number of nitrogens with zero attached hydrogens (tertiary/aromatic N) is 2. The van der Waals surface area contributed by atoms with Crippen molar-refractivity contribution in [1.29, 1.82) is 0 Å². The molecule has 1 saturated heterocycles. The quantitative estimate of drug-likeness (QED) is 0.369. The van der Waals surface area contributed by atoms with Gasteiger partial charge < -0.3 is 24.7 Å². The molecule has 0 spiro atoms. The normalized spacial score (nSPS) is 19.3. The standard InChI is InChI=1S/C31H30N4O4/c36-30(25-20-22-12-4-6-14-24(22)32-25)34-29-31(37)35(17-19-39-27-16-8-9-18-38-27)26-15-7-5-13-23(26)28(33-29)21-10-2-1-3-11-21/h1-7,10-15,20,27,29,32H,8-9,16-19H2,(H,34,36)/t27?,29-/m1/s1. The number of fused-ring (bicyclic) bond motifs is 2. The first-order valence-electron chi connectivity index (χ1n) is 13.3. The lowest BCUT2D eigenvalue weighted by molar-refractivity contribution is -0.161. The fourth-order valence-corrected chi connectivity index (χ4v) is 5.10. The summed E-state index contributed by atoms with van der Waals surface area (Å²) in [5.74, 6) is -0.732. The number of nitrogens with one attached hydrogen (secondary N) is 2. The van der Waals surface area contributed by atoms with E-state index in [9.17, 15) is 9.59 Å². The van der Waals surface area contributed by atoms with Crippen molar-refractivity contribution in [3.8, 4) is 0 Å². The second-order valence-corrected chi connectivity index (χ2v) is 9.66. The number of carbonyl (C=O) groups is 2. The van der Waals surface area contributed by atoms with Crippen LogP contribution in [0.25, 0.3) is 10.9 Å². The van der Waals surface area contributed by atoms with Gasteiger partial charge in [-0.2, -0.15) is 0 Å². The highest BCUT2D eigenvalue weighted by molar-refractivity contribution is 6.20. The molecule has 2 amide bonds. The molecule has 2 aliphatic rings. The van der Waals surface area contributed by atoms with E-state index in [1.54, 1.807) is 11.0 Å². The minimum Gasteiger partial charge on any atom is -0.353 e. The van der Waals surface area contributed by atoms with Crippen molar-refractivity contribution >= 4 is 34.1 Å². The molecule has 0 radical (unpaired) electrons. The van der Waals surface area contributed by atoms with Crippen LogP contribution in [0.4, 0.5) is 5.69 Å². The Hall–Kier alpha value is -4.27. The second-order valence-electron chi connectivity index (χ2n) is 9.66. The van der Waals surface area contributed by atoms with Gasteiger partial charge in [-0.25, -0.2) is 4.99 Å². The Morgan fingerprint density at radius 2 is 1.82 bits per heavy atom. The summed E-state index contributed by atoms with van der Waals surface area (Å²) in [4.78, 5) is 37.0. The van der Waals surface area contributed by atoms with Crippen molar-refractivity contribution in [2.75, 3.05) is 24.7 Å². The molecule has 3 heterocycles. The summed E-state index contributed by atoms with van der Waals surface area (Å²) in [7, 11) is 0. The Kier molecular flexibility index (Phi) is 7.21. The Bertz CT molecular complexity index is 1470. The SMILES string of the molecule is O=C(N[C@H]1N=C(c2ccccc2)c2ccccc2N(CCOC2CCCCO2)C1=O)c1cc2ccccc2[nH]1. The van der Waals surface area contributed by atoms with Gasteiger partial charge in [-0.15, -0.1) is 0 Å². The summed E-state index contributed by atoms with van der Waals surface area (Å²) in [5, 5.41) is 3.79. The van der Waals surface area contributed by atoms with Gasteiger partial charge in [0, 0.05) is 35.2 Å². The van der Waals surface area contributed by atoms with E-state index in [4.69, 9.17) is 14.5 Å². The Morgan fingerprint density at radius 3 is 2.64 bits per heavy atom. The summed E-state index contributed by atoms with van der Waals surface area (Å²) in [5.41, 5.74) is 4.25. The number of carbonyl (C=O) groups excluding carboxylic acids is 2. The van der Waals surface area contributed by atoms with Crippen molar-refractivity contribution < 1.29 is 19.1 Å². The van der Waals surface area contributed by atoms with Gasteiger partial charge in [0.1, 0.15) is 5.69 Å². The summed E-state index contributed by atoms with van der Waals surface area (Å²) < 4.78 is 11.7. The minimum atomic E-state index is -1.13. The summed E-state index contributed by atoms with van der Waals surface area (Å²) in [6.45, 7) is 1.28. The van der Waals surface area contributed by atoms with Gasteiger partial charge in [0.25, 0.3) is 11.8 Å². The number of aromatic nitrogens is 1. The number of benzene rings is 3. The fraction of sp³-hybridized carbons (Fsp3) is 0.258. The van der Waals surface area contributed by atoms with E-state index in [1.165, 1.54) is 0 Å². The third-order valence-corrected chi connectivity index (χ3v) is 7.05. The van der Waals surface area contributed by atoms with E-state index in [0.29, 0.717) is 31.2 Å². The van der Waals surface area contributed by atoms with Gasteiger partial charge in [0.15, 0.2) is 6.29 Å². The minimum absolute atomic E-state index is 0.260. The molecule has 8 heteroatoms. The number of aromatic amines is 1. The first kappa shape index (κ1) is 25.0. The average Bonchev–Trinajstić information content (AvgIpc) is 3.39. The lowest BCUT2D eigenvalue weighted by atomic mass is 10.0. The van der Waals surface area contributed by atoms with E-state index in [2.05, 4.69) is 10.3 Å². The molecule has 0 saturated carbocycles. The van der Waals surface area contributed by atoms with Crippen LogP contribution in [0.1, 0.15) is 40.9 Å². The number of aliphatic imine (C=N–C) groups is 1. The van der Waals surface area contributed by atoms with Crippen LogP contribution in [0.5, 0.6) is 0 Å². The lowest BCUT2D eigenvalue weighted by Gasteiger charge is -2.27. The third-order valence-electron chi connectivity index (χ3n) is 7.05. The molecular formula is C31H30N4O4. The molecule has 4 aromatic rings. The number of anilines is 1. The fourth-order valence-electron chi connectivity index (χ4n) is 5.10. The molecule has 8 nitrogen and oxygen atoms in total. The third kappa shape index (κ3) is 5.34. The number of para-hydroxylation sites is 2. The highest BCUT2D eigenvalue weighted by atomic mass is 16.7. The number of H-pyrrole nitrogens is 1. The van der Waals surface area contributed by atoms with Crippen molar-refractivity contribution in [3.05, 3.63) is 102 Å². The van der Waals surface area contributed by atoms with E-state index < -0.39 is 12.1 Å². The van der Waals surface area contributed by atoms with Crippen molar-refractivity contribution in [2.45, 2.75) is 31.7 Å². The predicted molar refractivity (Wildman–Crippen MR) is 150 cm³/mol. The molecule has 1 unspecified atom stereocenters. The molecule has 3 aromatic carbocycles. The Labute approximate surface area is 226 Å². The van der Waals surface area contributed by atoms with E-state index in [-0.39, 0.29) is 12.2 Å². The van der Waals surface area contributed by atoms with Crippen molar-refractivity contribution in [2.24, 2.45) is 4.99 Å². The van der Waals surface area contributed by atoms with Crippen LogP contribution in [0, 0.1) is 0 Å². The molecule has 0 aliphatic carbocycles. The summed E-state index contributed by atoms with van der Waals surface area (Å²) in [6.07, 6.45) is 1.55. The molecule has 198 valence electrons. The molecule has 1 aromatic heterocycles. The molecule has 1 fully saturated rings. The first-order valence-corrected chi connectivity index (χ1v) is 13.3. The maximum absolute atomic E-state index is 14.0. The Balaban J connectivity index is 1.33. The van der Waals surface area contributed by atoms with E-state index in [0.717, 1.165) is 47.0 Å². The lowest BCUT2D eigenvalue weighted by Crippen LogP contribution is -2.48. The zero-order valence-electron chi connectivity index (χ0n) is 21.5. The van der Waals surface area contributed by atoms with Gasteiger partial charge >= 0.3 is 0 Å². The van der Waals surface area contributed by atoms with Crippen LogP contribution >= 0.6 is 0 Å². The van der Waals surface area contributed by atoms with Crippen LogP contribution in [-0.4, -0.2) is 54.7 Å². The molecule has 6 rings (SSSR count). The van der Waals surface area contributed by atoms with E-state index in [1.807, 2.05) is 78.9 Å². The number of rotatable bonds is 7. The first-order chi connectivity index (χ1) is 19.2. The van der Waals surface area contributed by atoms with Gasteiger partial charge in [-0.1, -0.05) is 66.7 Å². The second kappa shape index (κ2) is 11.2. The van der Waals surface area contributed by atoms with Gasteiger partial charge in [-0.05, 0) is 37.5 Å². The molecule has 39 heavy (non-hydrogen) atoms. The number of benzodiazepines with no additional fused rings is 1. The van der Waals surface area contributed by atoms with Gasteiger partial charge in [0.2, 0.25) is 6.17 Å². The number of amides is 2. The van der Waals surface area contributed by atoms with Crippen LogP contribution < -0.4 is 10.2 Å². The molecule has 2 N–H and O–H groups in total. The Morgan fingerprint density at radius 1 is 1.03 bits per heavy atom. The average molecular weight is 523 g/mol. The topological polar surface area (TPSA) is 96.0 Å². The smallest absolute Gasteiger partial charge is 0.272 e. The number of hydrogen-bond donors (Lipinski definition) is 2. The molecular weight excluding hydrogens is 492 g/mol. The predicted octanol–water partition coefficient (Wildman–Crippen LogP) is 4.65. The van der Waals surface area contributed by atoms with Crippen LogP contribution in [0.3, 0.4) is 0 Å². The van der Waals surface area contributed by atoms with Crippen molar-refractivity contribution in [1.82, 2.24) is 10.3 Å². The summed E-state index contributed by atoms with van der Waals surface area (Å²) >= 11 is 0. The largest absolute Gasteiger partial charge is 0.353 e. The zero-order valence-corrected chi connectivity index (χ0v) is 21.5. The van der Waals surface area contributed by atoms with Gasteiger partial charge in [0.05, 0.1) is 18.0 Å². The van der Waals surface area contributed by atoms with Gasteiger partial charge in [-0.3, -0.25) is 9.59 Å². The van der Waals surface area contributed by atoms with Crippen LogP contribution in [0.15, 0.2) is 89.9 Å². The maximum Gasteiger partial charge on any atom is 0.272 e. The highest BCUT2D eigenvalue weighted by Gasteiger charge is 2.33. The molecule has 2 atom stereocenters. The van der Waals surface area contributed by atoms with Crippen LogP contribution in [0.2, 0.25) is 0 Å². The van der Waals surface area contributed by atoms with Crippen LogP contribution in [-0.2, 0) is 14.3 Å².